The Kier molecular flexibility index (Phi) is 5.95. The van der Waals surface area contributed by atoms with Crippen LogP contribution in [0, 0.1) is 6.92 Å². The summed E-state index contributed by atoms with van der Waals surface area (Å²) in [6.07, 6.45) is 0. The smallest absolute Gasteiger partial charge is 0.256 e. The number of thioether (sulfide) groups is 1. The van der Waals surface area contributed by atoms with Crippen molar-refractivity contribution in [1.82, 2.24) is 15.1 Å². The summed E-state index contributed by atoms with van der Waals surface area (Å²) in [6, 6.07) is 7.38. The minimum absolute atomic E-state index is 0.0604. The largest absolute Gasteiger partial charge is 0.383 e. The Morgan fingerprint density at radius 2 is 2.04 bits per heavy atom. The number of amides is 2. The van der Waals surface area contributed by atoms with Gasteiger partial charge in [0.2, 0.25) is 5.91 Å². The zero-order valence-electron chi connectivity index (χ0n) is 14.9. The molecule has 0 saturated heterocycles. The van der Waals surface area contributed by atoms with Gasteiger partial charge in [-0.05, 0) is 19.1 Å². The minimum atomic E-state index is -0.203. The predicted molar refractivity (Wildman–Crippen MR) is 101 cm³/mol. The molecule has 0 bridgehead atoms. The van der Waals surface area contributed by atoms with Crippen LogP contribution in [0.1, 0.15) is 27.2 Å². The molecule has 0 unspecified atom stereocenters. The molecule has 1 aliphatic heterocycles. The topological polar surface area (TPSA) is 85.2 Å². The van der Waals surface area contributed by atoms with E-state index in [4.69, 9.17) is 4.74 Å². The number of hydrogen-bond acceptors (Lipinski definition) is 5. The van der Waals surface area contributed by atoms with Crippen LogP contribution in [0.3, 0.4) is 0 Å². The van der Waals surface area contributed by atoms with Gasteiger partial charge in [0.05, 0.1) is 12.3 Å². The van der Waals surface area contributed by atoms with E-state index >= 15 is 0 Å². The van der Waals surface area contributed by atoms with Crippen molar-refractivity contribution >= 4 is 29.4 Å². The summed E-state index contributed by atoms with van der Waals surface area (Å²) in [5.41, 5.74) is 3.60. The second-order valence-corrected chi connectivity index (χ2v) is 7.07. The molecule has 0 radical (unpaired) electrons. The van der Waals surface area contributed by atoms with Crippen molar-refractivity contribution in [1.29, 1.82) is 0 Å². The van der Waals surface area contributed by atoms with Crippen LogP contribution in [0.15, 0.2) is 24.3 Å². The van der Waals surface area contributed by atoms with Crippen molar-refractivity contribution in [3.8, 4) is 0 Å². The van der Waals surface area contributed by atoms with Crippen LogP contribution in [0.2, 0.25) is 0 Å². The maximum atomic E-state index is 12.6. The number of aromatic nitrogens is 2. The number of fused-ring (bicyclic) bond motifs is 1. The van der Waals surface area contributed by atoms with E-state index in [0.717, 1.165) is 28.3 Å². The molecule has 26 heavy (non-hydrogen) atoms. The SMILES string of the molecule is COCCNC(=O)Cn1nc2c(c1NC(=O)c1ccc(C)cc1)CSC2. The molecule has 0 saturated carbocycles. The van der Waals surface area contributed by atoms with Crippen LogP contribution < -0.4 is 10.6 Å². The summed E-state index contributed by atoms with van der Waals surface area (Å²) in [4.78, 5) is 24.7. The van der Waals surface area contributed by atoms with Crippen LogP contribution in [0.25, 0.3) is 0 Å². The molecule has 2 N–H and O–H groups in total. The van der Waals surface area contributed by atoms with Gasteiger partial charge in [-0.1, -0.05) is 17.7 Å². The van der Waals surface area contributed by atoms with E-state index in [2.05, 4.69) is 15.7 Å². The Morgan fingerprint density at radius 3 is 2.77 bits per heavy atom. The van der Waals surface area contributed by atoms with Gasteiger partial charge in [0.15, 0.2) is 0 Å². The number of carbonyl (C=O) groups excluding carboxylic acids is 2. The van der Waals surface area contributed by atoms with E-state index < -0.39 is 0 Å². The third-order valence-corrected chi connectivity index (χ3v) is 5.06. The summed E-state index contributed by atoms with van der Waals surface area (Å²) in [5, 5.41) is 10.2. The van der Waals surface area contributed by atoms with E-state index in [1.807, 2.05) is 19.1 Å². The summed E-state index contributed by atoms with van der Waals surface area (Å²) < 4.78 is 6.51. The number of carbonyl (C=O) groups is 2. The second-order valence-electron chi connectivity index (χ2n) is 6.09. The fraction of sp³-hybridized carbons (Fsp3) is 0.389. The molecule has 2 heterocycles. The highest BCUT2D eigenvalue weighted by molar-refractivity contribution is 7.98. The van der Waals surface area contributed by atoms with Crippen LogP contribution >= 0.6 is 11.8 Å². The molecular formula is C18H22N4O3S. The average molecular weight is 374 g/mol. The Bertz CT molecular complexity index is 802. The highest BCUT2D eigenvalue weighted by Gasteiger charge is 2.25. The first-order valence-electron chi connectivity index (χ1n) is 8.38. The molecule has 1 aromatic heterocycles. The lowest BCUT2D eigenvalue weighted by molar-refractivity contribution is -0.122. The van der Waals surface area contributed by atoms with Crippen molar-refractivity contribution in [2.45, 2.75) is 25.0 Å². The average Bonchev–Trinajstić information content (AvgIpc) is 3.18. The maximum absolute atomic E-state index is 12.6. The predicted octanol–water partition coefficient (Wildman–Crippen LogP) is 1.95. The van der Waals surface area contributed by atoms with Gasteiger partial charge in [0, 0.05) is 36.3 Å². The lowest BCUT2D eigenvalue weighted by Crippen LogP contribution is -2.31. The molecule has 2 aromatic rings. The highest BCUT2D eigenvalue weighted by atomic mass is 32.2. The molecular weight excluding hydrogens is 352 g/mol. The number of nitrogens with one attached hydrogen (secondary N) is 2. The first-order valence-corrected chi connectivity index (χ1v) is 9.54. The molecule has 138 valence electrons. The second kappa shape index (κ2) is 8.37. The Balaban J connectivity index is 1.76. The van der Waals surface area contributed by atoms with Crippen LogP contribution in [0.5, 0.6) is 0 Å². The highest BCUT2D eigenvalue weighted by Crippen LogP contribution is 2.34. The number of benzene rings is 1. The monoisotopic (exact) mass is 374 g/mol. The summed E-state index contributed by atoms with van der Waals surface area (Å²) >= 11 is 1.75. The number of nitrogens with zero attached hydrogens (tertiary/aromatic N) is 2. The fourth-order valence-electron chi connectivity index (χ4n) is 2.69. The number of aryl methyl sites for hydroxylation is 1. The van der Waals surface area contributed by atoms with Crippen LogP contribution in [0.4, 0.5) is 5.82 Å². The Morgan fingerprint density at radius 1 is 1.27 bits per heavy atom. The van der Waals surface area contributed by atoms with Gasteiger partial charge in [0.25, 0.3) is 5.91 Å². The lowest BCUT2D eigenvalue weighted by Gasteiger charge is -2.11. The van der Waals surface area contributed by atoms with Crippen molar-refractivity contribution in [2.24, 2.45) is 0 Å². The Labute approximate surface area is 156 Å². The quantitative estimate of drug-likeness (QED) is 0.724. The first-order chi connectivity index (χ1) is 12.6. The van der Waals surface area contributed by atoms with Crippen molar-refractivity contribution in [3.63, 3.8) is 0 Å². The van der Waals surface area contributed by atoms with E-state index in [9.17, 15) is 9.59 Å². The molecule has 7 nitrogen and oxygen atoms in total. The molecule has 0 aliphatic carbocycles. The van der Waals surface area contributed by atoms with Gasteiger partial charge in [-0.3, -0.25) is 9.59 Å². The summed E-state index contributed by atoms with van der Waals surface area (Å²) in [7, 11) is 1.58. The minimum Gasteiger partial charge on any atom is -0.383 e. The van der Waals surface area contributed by atoms with Crippen LogP contribution in [-0.2, 0) is 27.6 Å². The van der Waals surface area contributed by atoms with E-state index in [-0.39, 0.29) is 18.4 Å². The first kappa shape index (κ1) is 18.5. The number of rotatable bonds is 7. The number of anilines is 1. The van der Waals surface area contributed by atoms with Crippen molar-refractivity contribution < 1.29 is 14.3 Å². The zero-order chi connectivity index (χ0) is 18.5. The molecule has 0 spiro atoms. The van der Waals surface area contributed by atoms with Crippen molar-refractivity contribution in [3.05, 3.63) is 46.6 Å². The molecule has 3 rings (SSSR count). The standard InChI is InChI=1S/C18H22N4O3S/c1-12-3-5-13(6-4-12)18(24)20-17-14-10-26-11-15(14)21-22(17)9-16(23)19-7-8-25-2/h3-6H,7-11H2,1-2H3,(H,19,23)(H,20,24). The van der Waals surface area contributed by atoms with E-state index in [1.54, 1.807) is 35.7 Å². The van der Waals surface area contributed by atoms with Gasteiger partial charge in [-0.25, -0.2) is 4.68 Å². The van der Waals surface area contributed by atoms with Gasteiger partial charge in [-0.2, -0.15) is 16.9 Å². The van der Waals surface area contributed by atoms with Crippen LogP contribution in [-0.4, -0.2) is 41.9 Å². The third-order valence-electron chi connectivity index (χ3n) is 4.09. The van der Waals surface area contributed by atoms with Gasteiger partial charge >= 0.3 is 0 Å². The van der Waals surface area contributed by atoms with E-state index in [0.29, 0.717) is 24.5 Å². The molecule has 0 fully saturated rings. The van der Waals surface area contributed by atoms with Gasteiger partial charge in [0.1, 0.15) is 12.4 Å². The molecule has 1 aromatic carbocycles. The molecule has 8 heteroatoms. The molecule has 1 aliphatic rings. The number of ether oxygens (including phenoxy) is 1. The molecule has 0 atom stereocenters. The van der Waals surface area contributed by atoms with E-state index in [1.165, 1.54) is 0 Å². The third kappa shape index (κ3) is 4.25. The summed E-state index contributed by atoms with van der Waals surface area (Å²) in [6.45, 7) is 2.93. The number of hydrogen-bond donors (Lipinski definition) is 2. The Hall–Kier alpha value is -2.32. The lowest BCUT2D eigenvalue weighted by atomic mass is 10.1. The fourth-order valence-corrected chi connectivity index (χ4v) is 3.72. The van der Waals surface area contributed by atoms with Crippen molar-refractivity contribution in [2.75, 3.05) is 25.6 Å². The van der Waals surface area contributed by atoms with Gasteiger partial charge < -0.3 is 15.4 Å². The summed E-state index contributed by atoms with van der Waals surface area (Å²) in [5.74, 6) is 1.82. The normalized spacial score (nSPS) is 12.7. The maximum Gasteiger partial charge on any atom is 0.256 e. The zero-order valence-corrected chi connectivity index (χ0v) is 15.7. The van der Waals surface area contributed by atoms with Gasteiger partial charge in [-0.15, -0.1) is 0 Å². The number of methoxy groups -OCH3 is 1. The molecule has 2 amide bonds.